The van der Waals surface area contributed by atoms with Crippen molar-refractivity contribution in [2.75, 3.05) is 0 Å². The SMILES string of the molecule is Cc1nn(C)c(-n2ccc(C(C)C)n2)c1C#N. The Morgan fingerprint density at radius 3 is 2.59 bits per heavy atom. The molecule has 88 valence electrons. The number of aromatic nitrogens is 4. The molecule has 0 aliphatic carbocycles. The van der Waals surface area contributed by atoms with Crippen LogP contribution in [-0.4, -0.2) is 19.6 Å². The lowest BCUT2D eigenvalue weighted by molar-refractivity contribution is 0.679. The second-order valence-electron chi connectivity index (χ2n) is 4.36. The molecule has 0 spiro atoms. The summed E-state index contributed by atoms with van der Waals surface area (Å²) in [5, 5.41) is 17.9. The van der Waals surface area contributed by atoms with Crippen molar-refractivity contribution in [1.29, 1.82) is 5.26 Å². The van der Waals surface area contributed by atoms with Gasteiger partial charge in [0, 0.05) is 13.2 Å². The van der Waals surface area contributed by atoms with E-state index in [1.54, 1.807) is 9.36 Å². The maximum absolute atomic E-state index is 9.15. The van der Waals surface area contributed by atoms with E-state index in [9.17, 15) is 0 Å². The molecule has 0 bridgehead atoms. The van der Waals surface area contributed by atoms with Crippen molar-refractivity contribution in [1.82, 2.24) is 19.6 Å². The van der Waals surface area contributed by atoms with E-state index >= 15 is 0 Å². The number of nitrogens with zero attached hydrogens (tertiary/aromatic N) is 5. The summed E-state index contributed by atoms with van der Waals surface area (Å²) in [6.07, 6.45) is 1.87. The molecule has 2 aromatic rings. The fraction of sp³-hybridized carbons (Fsp3) is 0.417. The first kappa shape index (κ1) is 11.4. The molecule has 17 heavy (non-hydrogen) atoms. The molecule has 0 N–H and O–H groups in total. The van der Waals surface area contributed by atoms with Crippen molar-refractivity contribution in [3.63, 3.8) is 0 Å². The van der Waals surface area contributed by atoms with Crippen LogP contribution < -0.4 is 0 Å². The highest BCUT2D eigenvalue weighted by Gasteiger charge is 2.16. The molecule has 0 fully saturated rings. The van der Waals surface area contributed by atoms with Gasteiger partial charge in [0.05, 0.1) is 11.4 Å². The van der Waals surface area contributed by atoms with Gasteiger partial charge in [-0.3, -0.25) is 0 Å². The first-order valence-electron chi connectivity index (χ1n) is 5.54. The van der Waals surface area contributed by atoms with E-state index in [1.165, 1.54) is 0 Å². The predicted octanol–water partition coefficient (Wildman–Crippen LogP) is 1.91. The normalized spacial score (nSPS) is 10.8. The maximum Gasteiger partial charge on any atom is 0.169 e. The Balaban J connectivity index is 2.57. The van der Waals surface area contributed by atoms with Crippen LogP contribution in [0.4, 0.5) is 0 Å². The van der Waals surface area contributed by atoms with Gasteiger partial charge in [-0.15, -0.1) is 0 Å². The predicted molar refractivity (Wildman–Crippen MR) is 63.9 cm³/mol. The molecule has 5 nitrogen and oxygen atoms in total. The molecule has 2 heterocycles. The van der Waals surface area contributed by atoms with Crippen LogP contribution in [0.1, 0.15) is 36.7 Å². The number of hydrogen-bond donors (Lipinski definition) is 0. The van der Waals surface area contributed by atoms with Crippen molar-refractivity contribution in [3.05, 3.63) is 29.2 Å². The molecule has 0 aliphatic heterocycles. The van der Waals surface area contributed by atoms with E-state index in [0.717, 1.165) is 17.2 Å². The van der Waals surface area contributed by atoms with Crippen LogP contribution >= 0.6 is 0 Å². The smallest absolute Gasteiger partial charge is 0.169 e. The molecule has 0 atom stereocenters. The van der Waals surface area contributed by atoms with Crippen molar-refractivity contribution in [2.24, 2.45) is 7.05 Å². The summed E-state index contributed by atoms with van der Waals surface area (Å²) in [7, 11) is 1.82. The molecule has 0 saturated heterocycles. The van der Waals surface area contributed by atoms with E-state index < -0.39 is 0 Å². The first-order valence-corrected chi connectivity index (χ1v) is 5.54. The third-order valence-corrected chi connectivity index (χ3v) is 2.72. The molecule has 2 aromatic heterocycles. The highest BCUT2D eigenvalue weighted by molar-refractivity contribution is 5.46. The summed E-state index contributed by atoms with van der Waals surface area (Å²) in [6.45, 7) is 6.01. The van der Waals surface area contributed by atoms with Gasteiger partial charge in [-0.2, -0.15) is 15.5 Å². The monoisotopic (exact) mass is 229 g/mol. The molecule has 0 amide bonds. The summed E-state index contributed by atoms with van der Waals surface area (Å²) in [5.41, 5.74) is 2.31. The second-order valence-corrected chi connectivity index (χ2v) is 4.36. The zero-order chi connectivity index (χ0) is 12.6. The Morgan fingerprint density at radius 2 is 2.06 bits per heavy atom. The summed E-state index contributed by atoms with van der Waals surface area (Å²) in [6, 6.07) is 4.14. The Morgan fingerprint density at radius 1 is 1.35 bits per heavy atom. The molecule has 0 aromatic carbocycles. The Bertz CT molecular complexity index is 583. The minimum absolute atomic E-state index is 0.371. The quantitative estimate of drug-likeness (QED) is 0.790. The number of nitriles is 1. The number of aryl methyl sites for hydroxylation is 2. The molecule has 0 saturated carbocycles. The summed E-state index contributed by atoms with van der Waals surface area (Å²) in [4.78, 5) is 0. The molecule has 0 unspecified atom stereocenters. The summed E-state index contributed by atoms with van der Waals surface area (Å²) in [5.74, 6) is 1.09. The van der Waals surface area contributed by atoms with Crippen LogP contribution in [0, 0.1) is 18.3 Å². The van der Waals surface area contributed by atoms with E-state index in [2.05, 4.69) is 30.1 Å². The molecular weight excluding hydrogens is 214 g/mol. The molecule has 2 rings (SSSR count). The summed E-state index contributed by atoms with van der Waals surface area (Å²) < 4.78 is 3.40. The first-order chi connectivity index (χ1) is 8.04. The van der Waals surface area contributed by atoms with Gasteiger partial charge in [-0.05, 0) is 18.9 Å². The van der Waals surface area contributed by atoms with Gasteiger partial charge < -0.3 is 0 Å². The van der Waals surface area contributed by atoms with Gasteiger partial charge in [0.15, 0.2) is 5.82 Å². The third kappa shape index (κ3) is 1.82. The van der Waals surface area contributed by atoms with Gasteiger partial charge >= 0.3 is 0 Å². The van der Waals surface area contributed by atoms with E-state index in [1.807, 2.05) is 26.2 Å². The zero-order valence-corrected chi connectivity index (χ0v) is 10.5. The van der Waals surface area contributed by atoms with Crippen molar-refractivity contribution >= 4 is 0 Å². The Hall–Kier alpha value is -2.09. The highest BCUT2D eigenvalue weighted by atomic mass is 15.4. The van der Waals surface area contributed by atoms with Crippen molar-refractivity contribution < 1.29 is 0 Å². The van der Waals surface area contributed by atoms with E-state index in [-0.39, 0.29) is 0 Å². The van der Waals surface area contributed by atoms with Gasteiger partial charge in [-0.1, -0.05) is 13.8 Å². The fourth-order valence-corrected chi connectivity index (χ4v) is 1.80. The van der Waals surface area contributed by atoms with Gasteiger partial charge in [0.2, 0.25) is 0 Å². The van der Waals surface area contributed by atoms with Gasteiger partial charge in [0.1, 0.15) is 11.6 Å². The number of hydrogen-bond acceptors (Lipinski definition) is 3. The molecule has 0 aliphatic rings. The lowest BCUT2D eigenvalue weighted by Crippen LogP contribution is -2.05. The highest BCUT2D eigenvalue weighted by Crippen LogP contribution is 2.18. The topological polar surface area (TPSA) is 59.4 Å². The van der Waals surface area contributed by atoms with E-state index in [4.69, 9.17) is 5.26 Å². The molecular formula is C12H15N5. The second kappa shape index (κ2) is 4.06. The van der Waals surface area contributed by atoms with Gasteiger partial charge in [0.25, 0.3) is 0 Å². The molecule has 0 radical (unpaired) electrons. The van der Waals surface area contributed by atoms with Crippen LogP contribution in [0.15, 0.2) is 12.3 Å². The van der Waals surface area contributed by atoms with Crippen molar-refractivity contribution in [2.45, 2.75) is 26.7 Å². The van der Waals surface area contributed by atoms with Crippen LogP contribution in [0.3, 0.4) is 0 Å². The van der Waals surface area contributed by atoms with Crippen LogP contribution in [0.25, 0.3) is 5.82 Å². The lowest BCUT2D eigenvalue weighted by atomic mass is 10.1. The Kier molecular flexibility index (Phi) is 2.72. The van der Waals surface area contributed by atoms with Crippen molar-refractivity contribution in [3.8, 4) is 11.9 Å². The molecule has 5 heteroatoms. The minimum atomic E-state index is 0.371. The van der Waals surface area contributed by atoms with Gasteiger partial charge in [-0.25, -0.2) is 9.36 Å². The van der Waals surface area contributed by atoms with Crippen LogP contribution in [0.5, 0.6) is 0 Å². The lowest BCUT2D eigenvalue weighted by Gasteiger charge is -2.03. The Labute approximate surface area is 100 Å². The zero-order valence-electron chi connectivity index (χ0n) is 10.5. The largest absolute Gasteiger partial charge is 0.250 e. The fourth-order valence-electron chi connectivity index (χ4n) is 1.80. The standard InChI is InChI=1S/C12H15N5/c1-8(2)11-5-6-17(15-11)12-10(7-13)9(3)14-16(12)4/h5-6,8H,1-4H3. The average molecular weight is 229 g/mol. The number of rotatable bonds is 2. The maximum atomic E-state index is 9.15. The third-order valence-electron chi connectivity index (χ3n) is 2.72. The summed E-state index contributed by atoms with van der Waals surface area (Å²) >= 11 is 0. The average Bonchev–Trinajstić information content (AvgIpc) is 2.82. The van der Waals surface area contributed by atoms with E-state index in [0.29, 0.717) is 11.5 Å². The van der Waals surface area contributed by atoms with Crippen LogP contribution in [-0.2, 0) is 7.05 Å². The van der Waals surface area contributed by atoms with Crippen LogP contribution in [0.2, 0.25) is 0 Å². The minimum Gasteiger partial charge on any atom is -0.250 e.